The minimum Gasteiger partial charge on any atom is -0.358 e. The molecule has 4 aromatic rings. The molecule has 0 saturated carbocycles. The number of aryl methyl sites for hydroxylation is 1. The quantitative estimate of drug-likeness (QED) is 0.471. The molecule has 30 heavy (non-hydrogen) atoms. The second-order valence-electron chi connectivity index (χ2n) is 7.10. The number of nitrogens with one attached hydrogen (secondary N) is 2. The van der Waals surface area contributed by atoms with E-state index in [1.54, 1.807) is 4.52 Å². The zero-order chi connectivity index (χ0) is 20.8. The van der Waals surface area contributed by atoms with Gasteiger partial charge < -0.3 is 10.6 Å². The average molecular weight is 400 g/mol. The monoisotopic (exact) mass is 400 g/mol. The molecule has 0 radical (unpaired) electrons. The maximum atomic E-state index is 13.2. The Bertz CT molecular complexity index is 1110. The molecular formula is C23H24N6O. The average Bonchev–Trinajstić information content (AvgIpc) is 3.24. The fraction of sp³-hybridized carbons (Fsp3) is 0.217. The molecule has 0 spiro atoms. The van der Waals surface area contributed by atoms with E-state index in [0.29, 0.717) is 18.0 Å². The second-order valence-corrected chi connectivity index (χ2v) is 7.10. The van der Waals surface area contributed by atoms with Gasteiger partial charge in [-0.3, -0.25) is 4.79 Å². The van der Waals surface area contributed by atoms with Gasteiger partial charge >= 0.3 is 0 Å². The van der Waals surface area contributed by atoms with Crippen LogP contribution in [0.3, 0.4) is 0 Å². The topological polar surface area (TPSA) is 84.2 Å². The Labute approximate surface area is 175 Å². The molecule has 0 fully saturated rings. The SMILES string of the molecule is CCCc1cc(N[C@H](Cc2ccccc2)C(=O)Nc2ccccc2)n2ncnc2n1. The normalized spacial score (nSPS) is 11.9. The van der Waals surface area contributed by atoms with E-state index >= 15 is 0 Å². The van der Waals surface area contributed by atoms with E-state index < -0.39 is 6.04 Å². The van der Waals surface area contributed by atoms with Gasteiger partial charge in [0.2, 0.25) is 5.91 Å². The highest BCUT2D eigenvalue weighted by molar-refractivity contribution is 5.96. The first-order valence-electron chi connectivity index (χ1n) is 10.1. The van der Waals surface area contributed by atoms with Crippen LogP contribution in [-0.4, -0.2) is 31.5 Å². The van der Waals surface area contributed by atoms with Gasteiger partial charge in [0.05, 0.1) is 0 Å². The molecule has 2 aromatic heterocycles. The molecule has 2 aromatic carbocycles. The van der Waals surface area contributed by atoms with E-state index in [2.05, 4.69) is 32.6 Å². The molecule has 2 N–H and O–H groups in total. The van der Waals surface area contributed by atoms with Crippen molar-refractivity contribution < 1.29 is 4.79 Å². The minimum atomic E-state index is -0.503. The van der Waals surface area contributed by atoms with Gasteiger partial charge in [-0.05, 0) is 24.1 Å². The number of aromatic nitrogens is 4. The molecule has 1 amide bonds. The molecule has 7 heteroatoms. The molecule has 0 aliphatic rings. The van der Waals surface area contributed by atoms with E-state index in [0.717, 1.165) is 29.8 Å². The van der Waals surface area contributed by atoms with Crippen molar-refractivity contribution in [3.63, 3.8) is 0 Å². The molecule has 0 aliphatic heterocycles. The Hall–Kier alpha value is -3.74. The van der Waals surface area contributed by atoms with Crippen LogP contribution in [-0.2, 0) is 17.6 Å². The van der Waals surface area contributed by atoms with Crippen molar-refractivity contribution >= 4 is 23.2 Å². The third-order valence-electron chi connectivity index (χ3n) is 4.77. The number of carbonyl (C=O) groups is 1. The largest absolute Gasteiger partial charge is 0.358 e. The summed E-state index contributed by atoms with van der Waals surface area (Å²) in [4.78, 5) is 21.9. The zero-order valence-corrected chi connectivity index (χ0v) is 16.8. The third kappa shape index (κ3) is 4.63. The molecule has 0 bridgehead atoms. The van der Waals surface area contributed by atoms with Gasteiger partial charge in [-0.25, -0.2) is 4.98 Å². The summed E-state index contributed by atoms with van der Waals surface area (Å²) >= 11 is 0. The van der Waals surface area contributed by atoms with Crippen LogP contribution in [0.5, 0.6) is 0 Å². The predicted octanol–water partition coefficient (Wildman–Crippen LogP) is 3.74. The van der Waals surface area contributed by atoms with Crippen LogP contribution in [0.1, 0.15) is 24.6 Å². The number of fused-ring (bicyclic) bond motifs is 1. The fourth-order valence-corrected chi connectivity index (χ4v) is 3.34. The molecular weight excluding hydrogens is 376 g/mol. The van der Waals surface area contributed by atoms with E-state index in [1.807, 2.05) is 66.7 Å². The van der Waals surface area contributed by atoms with Crippen molar-refractivity contribution in [1.82, 2.24) is 19.6 Å². The molecule has 0 saturated heterocycles. The lowest BCUT2D eigenvalue weighted by atomic mass is 10.0. The van der Waals surface area contributed by atoms with Gasteiger partial charge in [0.1, 0.15) is 18.2 Å². The van der Waals surface area contributed by atoms with Crippen LogP contribution >= 0.6 is 0 Å². The van der Waals surface area contributed by atoms with Gasteiger partial charge in [0.15, 0.2) is 0 Å². The van der Waals surface area contributed by atoms with Crippen molar-refractivity contribution in [3.05, 3.63) is 84.3 Å². The highest BCUT2D eigenvalue weighted by atomic mass is 16.2. The molecule has 152 valence electrons. The van der Waals surface area contributed by atoms with Crippen LogP contribution in [0.25, 0.3) is 5.78 Å². The van der Waals surface area contributed by atoms with Crippen molar-refractivity contribution in [2.24, 2.45) is 0 Å². The number of rotatable bonds is 8. The number of anilines is 2. The first-order valence-corrected chi connectivity index (χ1v) is 10.1. The predicted molar refractivity (Wildman–Crippen MR) is 117 cm³/mol. The van der Waals surface area contributed by atoms with Gasteiger partial charge in [-0.15, -0.1) is 0 Å². The summed E-state index contributed by atoms with van der Waals surface area (Å²) < 4.78 is 1.63. The Balaban J connectivity index is 1.64. The molecule has 0 aliphatic carbocycles. The summed E-state index contributed by atoms with van der Waals surface area (Å²) in [7, 11) is 0. The highest BCUT2D eigenvalue weighted by Crippen LogP contribution is 2.17. The standard InChI is InChI=1S/C23H24N6O/c1-2-9-19-15-21(29-23(27-19)24-16-25-29)28-20(14-17-10-5-3-6-11-17)22(30)26-18-12-7-4-8-13-18/h3-8,10-13,15-16,20,28H,2,9,14H2,1H3,(H,26,30)/t20-/m1/s1. The maximum absolute atomic E-state index is 13.2. The van der Waals surface area contributed by atoms with Crippen LogP contribution in [0.15, 0.2) is 73.1 Å². The lowest BCUT2D eigenvalue weighted by Gasteiger charge is -2.20. The van der Waals surface area contributed by atoms with E-state index in [1.165, 1.54) is 6.33 Å². The first kappa shape index (κ1) is 19.6. The number of benzene rings is 2. The van der Waals surface area contributed by atoms with E-state index in [-0.39, 0.29) is 5.91 Å². The van der Waals surface area contributed by atoms with Crippen LogP contribution in [0.2, 0.25) is 0 Å². The lowest BCUT2D eigenvalue weighted by Crippen LogP contribution is -2.37. The van der Waals surface area contributed by atoms with E-state index in [9.17, 15) is 4.79 Å². The van der Waals surface area contributed by atoms with E-state index in [4.69, 9.17) is 0 Å². The summed E-state index contributed by atoms with van der Waals surface area (Å²) in [5.74, 6) is 1.10. The maximum Gasteiger partial charge on any atom is 0.254 e. The Kier molecular flexibility index (Phi) is 5.98. The van der Waals surface area contributed by atoms with Gasteiger partial charge in [-0.2, -0.15) is 14.6 Å². The Morgan fingerprint density at radius 3 is 2.53 bits per heavy atom. The number of carbonyl (C=O) groups excluding carboxylic acids is 1. The summed E-state index contributed by atoms with van der Waals surface area (Å²) in [6.07, 6.45) is 3.80. The summed E-state index contributed by atoms with van der Waals surface area (Å²) in [6, 6.07) is 20.9. The van der Waals surface area contributed by atoms with Crippen molar-refractivity contribution in [2.75, 3.05) is 10.6 Å². The van der Waals surface area contributed by atoms with Crippen LogP contribution in [0.4, 0.5) is 11.5 Å². The number of nitrogens with zero attached hydrogens (tertiary/aromatic N) is 4. The van der Waals surface area contributed by atoms with Gasteiger partial charge in [0.25, 0.3) is 5.78 Å². The third-order valence-corrected chi connectivity index (χ3v) is 4.77. The first-order chi connectivity index (χ1) is 14.7. The Morgan fingerprint density at radius 2 is 1.80 bits per heavy atom. The van der Waals surface area contributed by atoms with Crippen LogP contribution in [0, 0.1) is 0 Å². The summed E-state index contributed by atoms with van der Waals surface area (Å²) in [6.45, 7) is 2.11. The molecule has 7 nitrogen and oxygen atoms in total. The number of hydrogen-bond acceptors (Lipinski definition) is 5. The van der Waals surface area contributed by atoms with Crippen molar-refractivity contribution in [3.8, 4) is 0 Å². The van der Waals surface area contributed by atoms with Crippen molar-refractivity contribution in [1.29, 1.82) is 0 Å². The lowest BCUT2D eigenvalue weighted by molar-refractivity contribution is -0.116. The van der Waals surface area contributed by atoms with Gasteiger partial charge in [-0.1, -0.05) is 61.9 Å². The van der Waals surface area contributed by atoms with Crippen LogP contribution < -0.4 is 10.6 Å². The number of hydrogen-bond donors (Lipinski definition) is 2. The summed E-state index contributed by atoms with van der Waals surface area (Å²) in [5, 5.41) is 10.7. The number of amides is 1. The minimum absolute atomic E-state index is 0.118. The second kappa shape index (κ2) is 9.17. The Morgan fingerprint density at radius 1 is 1.07 bits per heavy atom. The highest BCUT2D eigenvalue weighted by Gasteiger charge is 2.21. The fourth-order valence-electron chi connectivity index (χ4n) is 3.34. The number of para-hydroxylation sites is 1. The molecule has 1 atom stereocenters. The van der Waals surface area contributed by atoms with Crippen molar-refractivity contribution in [2.45, 2.75) is 32.2 Å². The molecule has 4 rings (SSSR count). The summed E-state index contributed by atoms with van der Waals surface area (Å²) in [5.41, 5.74) is 2.74. The smallest absolute Gasteiger partial charge is 0.254 e. The molecule has 2 heterocycles. The molecule has 0 unspecified atom stereocenters. The zero-order valence-electron chi connectivity index (χ0n) is 16.8. The van der Waals surface area contributed by atoms with Gasteiger partial charge in [0, 0.05) is 23.9 Å².